The molecular weight excluding hydrogens is 388 g/mol. The van der Waals surface area contributed by atoms with Gasteiger partial charge in [0, 0.05) is 29.2 Å². The van der Waals surface area contributed by atoms with Gasteiger partial charge in [0.2, 0.25) is 5.78 Å². The topological polar surface area (TPSA) is 105 Å². The van der Waals surface area contributed by atoms with Gasteiger partial charge in [0.25, 0.3) is 0 Å². The van der Waals surface area contributed by atoms with Crippen LogP contribution >= 0.6 is 22.9 Å². The van der Waals surface area contributed by atoms with Crippen LogP contribution in [0.2, 0.25) is 5.02 Å². The zero-order valence-corrected chi connectivity index (χ0v) is 15.5. The Morgan fingerprint density at radius 2 is 1.96 bits per heavy atom. The van der Waals surface area contributed by atoms with Crippen LogP contribution in [0.3, 0.4) is 0 Å². The number of ether oxygens (including phenoxy) is 1. The van der Waals surface area contributed by atoms with E-state index < -0.39 is 11.8 Å². The lowest BCUT2D eigenvalue weighted by Gasteiger charge is -2.04. The summed E-state index contributed by atoms with van der Waals surface area (Å²) in [6, 6.07) is 8.04. The quantitative estimate of drug-likeness (QED) is 0.301. The first kappa shape index (κ1) is 18.5. The summed E-state index contributed by atoms with van der Waals surface area (Å²) in [6.45, 7) is 0. The first-order chi connectivity index (χ1) is 13.0. The number of Topliss-reactive ketones (excluding diaryl/α,β-unsaturated/α-hetero) is 1. The standard InChI is InChI=1S/C18H11ClN4O3S/c1-26-18(25)16-13(14-17(27-16)22-7-6-21-14)23-9-11(8-20)15(24)10-2-4-12(19)5-3-10/h2-7,9,23H,1H3/b11-9+. The lowest BCUT2D eigenvalue weighted by Crippen LogP contribution is -2.06. The number of thiophene rings is 1. The molecule has 9 heteroatoms. The number of rotatable bonds is 5. The van der Waals surface area contributed by atoms with E-state index in [1.807, 2.05) is 6.07 Å². The Morgan fingerprint density at radius 1 is 1.26 bits per heavy atom. The number of nitriles is 1. The number of methoxy groups -OCH3 is 1. The number of esters is 1. The Labute approximate surface area is 162 Å². The second-order valence-electron chi connectivity index (χ2n) is 5.16. The first-order valence-corrected chi connectivity index (χ1v) is 8.73. The number of carbonyl (C=O) groups is 2. The number of nitrogens with one attached hydrogen (secondary N) is 1. The van der Waals surface area contributed by atoms with Crippen molar-refractivity contribution in [2.45, 2.75) is 0 Å². The number of carbonyl (C=O) groups excluding carboxylic acids is 2. The summed E-state index contributed by atoms with van der Waals surface area (Å²) in [5.41, 5.74) is 0.940. The van der Waals surface area contributed by atoms with E-state index in [-0.39, 0.29) is 10.5 Å². The Bertz CT molecular complexity index is 1100. The van der Waals surface area contributed by atoms with Crippen LogP contribution < -0.4 is 5.32 Å². The van der Waals surface area contributed by atoms with Crippen molar-refractivity contribution in [2.75, 3.05) is 12.4 Å². The van der Waals surface area contributed by atoms with Gasteiger partial charge in [-0.15, -0.1) is 11.3 Å². The zero-order valence-electron chi connectivity index (χ0n) is 13.9. The number of allylic oxidation sites excluding steroid dienone is 1. The van der Waals surface area contributed by atoms with Gasteiger partial charge in [0.1, 0.15) is 26.9 Å². The molecule has 0 bridgehead atoms. The summed E-state index contributed by atoms with van der Waals surface area (Å²) < 4.78 is 4.78. The molecule has 27 heavy (non-hydrogen) atoms. The summed E-state index contributed by atoms with van der Waals surface area (Å²) in [5.74, 6) is -1.05. The van der Waals surface area contributed by atoms with Gasteiger partial charge in [0.15, 0.2) is 0 Å². The molecule has 3 rings (SSSR count). The number of hydrogen-bond acceptors (Lipinski definition) is 8. The van der Waals surface area contributed by atoms with Crippen LogP contribution in [-0.2, 0) is 4.74 Å². The summed E-state index contributed by atoms with van der Waals surface area (Å²) >= 11 is 6.92. The first-order valence-electron chi connectivity index (χ1n) is 7.54. The maximum atomic E-state index is 12.5. The highest BCUT2D eigenvalue weighted by molar-refractivity contribution is 7.21. The normalized spacial score (nSPS) is 11.1. The van der Waals surface area contributed by atoms with Crippen molar-refractivity contribution in [3.63, 3.8) is 0 Å². The van der Waals surface area contributed by atoms with Crippen molar-refractivity contribution in [1.82, 2.24) is 9.97 Å². The SMILES string of the molecule is COC(=O)c1sc2nccnc2c1N/C=C(\C#N)C(=O)c1ccc(Cl)cc1. The average Bonchev–Trinajstić information content (AvgIpc) is 3.07. The molecule has 3 aromatic rings. The summed E-state index contributed by atoms with van der Waals surface area (Å²) in [6.07, 6.45) is 4.22. The molecule has 2 heterocycles. The number of benzene rings is 1. The molecule has 0 fully saturated rings. The fraction of sp³-hybridized carbons (Fsp3) is 0.0556. The second kappa shape index (κ2) is 7.95. The van der Waals surface area contributed by atoms with Crippen molar-refractivity contribution in [1.29, 1.82) is 5.26 Å². The minimum absolute atomic E-state index is 0.142. The summed E-state index contributed by atoms with van der Waals surface area (Å²) in [5, 5.41) is 12.7. The highest BCUT2D eigenvalue weighted by atomic mass is 35.5. The van der Waals surface area contributed by atoms with Crippen LogP contribution in [0.25, 0.3) is 10.3 Å². The number of ketones is 1. The van der Waals surface area contributed by atoms with E-state index >= 15 is 0 Å². The van der Waals surface area contributed by atoms with Gasteiger partial charge in [-0.2, -0.15) is 5.26 Å². The molecule has 7 nitrogen and oxygen atoms in total. The van der Waals surface area contributed by atoms with Crippen LogP contribution in [-0.4, -0.2) is 28.8 Å². The minimum atomic E-state index is -0.571. The molecule has 0 amide bonds. The highest BCUT2D eigenvalue weighted by Gasteiger charge is 2.21. The number of hydrogen-bond donors (Lipinski definition) is 1. The largest absolute Gasteiger partial charge is 0.465 e. The molecule has 0 radical (unpaired) electrons. The number of anilines is 1. The summed E-state index contributed by atoms with van der Waals surface area (Å²) in [7, 11) is 1.26. The van der Waals surface area contributed by atoms with E-state index in [1.165, 1.54) is 37.8 Å². The Morgan fingerprint density at radius 3 is 2.63 bits per heavy atom. The van der Waals surface area contributed by atoms with Gasteiger partial charge in [0.05, 0.1) is 12.8 Å². The number of aromatic nitrogens is 2. The Kier molecular flexibility index (Phi) is 5.45. The molecule has 2 aromatic heterocycles. The van der Waals surface area contributed by atoms with E-state index in [4.69, 9.17) is 16.3 Å². The monoisotopic (exact) mass is 398 g/mol. The molecule has 0 saturated carbocycles. The number of halogens is 1. The minimum Gasteiger partial charge on any atom is -0.465 e. The van der Waals surface area contributed by atoms with Crippen molar-refractivity contribution in [3.8, 4) is 6.07 Å². The van der Waals surface area contributed by atoms with Crippen LogP contribution in [0.5, 0.6) is 0 Å². The molecule has 0 aliphatic carbocycles. The molecule has 0 aliphatic heterocycles. The van der Waals surface area contributed by atoms with E-state index in [1.54, 1.807) is 12.1 Å². The predicted molar refractivity (Wildman–Crippen MR) is 102 cm³/mol. The zero-order chi connectivity index (χ0) is 19.4. The average molecular weight is 399 g/mol. The van der Waals surface area contributed by atoms with E-state index in [0.717, 1.165) is 11.3 Å². The molecule has 1 N–H and O–H groups in total. The van der Waals surface area contributed by atoms with Gasteiger partial charge in [-0.3, -0.25) is 4.79 Å². The number of fused-ring (bicyclic) bond motifs is 1. The van der Waals surface area contributed by atoms with Crippen LogP contribution in [0.4, 0.5) is 5.69 Å². The predicted octanol–water partition coefficient (Wildman–Crippen LogP) is 3.83. The van der Waals surface area contributed by atoms with Crippen LogP contribution in [0.1, 0.15) is 20.0 Å². The maximum Gasteiger partial charge on any atom is 0.350 e. The van der Waals surface area contributed by atoms with Crippen molar-refractivity contribution >= 4 is 50.7 Å². The molecule has 0 atom stereocenters. The summed E-state index contributed by atoms with van der Waals surface area (Å²) in [4.78, 5) is 33.7. The smallest absolute Gasteiger partial charge is 0.350 e. The van der Waals surface area contributed by atoms with Crippen LogP contribution in [0, 0.1) is 11.3 Å². The second-order valence-corrected chi connectivity index (χ2v) is 6.59. The third-order valence-electron chi connectivity index (χ3n) is 3.53. The highest BCUT2D eigenvalue weighted by Crippen LogP contribution is 2.33. The lowest BCUT2D eigenvalue weighted by atomic mass is 10.1. The van der Waals surface area contributed by atoms with E-state index in [2.05, 4.69) is 15.3 Å². The fourth-order valence-electron chi connectivity index (χ4n) is 2.25. The Balaban J connectivity index is 1.98. The maximum absolute atomic E-state index is 12.5. The molecule has 134 valence electrons. The number of nitrogens with zero attached hydrogens (tertiary/aromatic N) is 3. The molecule has 0 unspecified atom stereocenters. The molecule has 0 aliphatic rings. The molecular formula is C18H11ClN4O3S. The molecule has 0 spiro atoms. The fourth-order valence-corrected chi connectivity index (χ4v) is 3.36. The third kappa shape index (κ3) is 3.79. The van der Waals surface area contributed by atoms with Crippen molar-refractivity contribution in [3.05, 3.63) is 63.9 Å². The molecule has 1 aromatic carbocycles. The lowest BCUT2D eigenvalue weighted by molar-refractivity contribution is 0.0607. The Hall–Kier alpha value is -3.28. The van der Waals surface area contributed by atoms with Crippen molar-refractivity contribution in [2.24, 2.45) is 0 Å². The van der Waals surface area contributed by atoms with Crippen LogP contribution in [0.15, 0.2) is 48.4 Å². The van der Waals surface area contributed by atoms with Gasteiger partial charge in [-0.1, -0.05) is 11.6 Å². The molecule has 0 saturated heterocycles. The van der Waals surface area contributed by atoms with Gasteiger partial charge in [-0.25, -0.2) is 14.8 Å². The van der Waals surface area contributed by atoms with E-state index in [9.17, 15) is 14.9 Å². The van der Waals surface area contributed by atoms with Crippen molar-refractivity contribution < 1.29 is 14.3 Å². The van der Waals surface area contributed by atoms with Gasteiger partial charge < -0.3 is 10.1 Å². The third-order valence-corrected chi connectivity index (χ3v) is 4.85. The van der Waals surface area contributed by atoms with Gasteiger partial charge in [-0.05, 0) is 24.3 Å². The van der Waals surface area contributed by atoms with Gasteiger partial charge >= 0.3 is 5.97 Å². The van der Waals surface area contributed by atoms with E-state index in [0.29, 0.717) is 26.6 Å².